The van der Waals surface area contributed by atoms with E-state index in [2.05, 4.69) is 68.4 Å². The van der Waals surface area contributed by atoms with E-state index in [-0.39, 0.29) is 5.41 Å². The van der Waals surface area contributed by atoms with Gasteiger partial charge in [-0.2, -0.15) is 5.26 Å². The van der Waals surface area contributed by atoms with Crippen LogP contribution in [0.2, 0.25) is 0 Å². The fraction of sp³-hybridized carbons (Fsp3) is 0.649. The molecule has 0 aromatic heterocycles. The summed E-state index contributed by atoms with van der Waals surface area (Å²) in [5.41, 5.74) is 3.71. The van der Waals surface area contributed by atoms with Crippen LogP contribution in [0.3, 0.4) is 0 Å². The number of aliphatic hydroxyl groups excluding tert-OH is 1. The molecule has 0 bridgehead atoms. The first-order chi connectivity index (χ1) is 19.6. The van der Waals surface area contributed by atoms with Crippen molar-refractivity contribution in [3.05, 3.63) is 54.1 Å². The zero-order chi connectivity index (χ0) is 28.5. The highest BCUT2D eigenvalue weighted by Gasteiger charge is 2.36. The molecule has 3 unspecified atom stereocenters. The maximum atomic E-state index is 10.2. The normalized spacial score (nSPS) is 19.7. The Labute approximate surface area is 245 Å². The molecular weight excluding hydrogens is 490 g/mol. The van der Waals surface area contributed by atoms with Gasteiger partial charge in [-0.25, -0.2) is 0 Å². The van der Waals surface area contributed by atoms with E-state index >= 15 is 0 Å². The van der Waals surface area contributed by atoms with Crippen LogP contribution in [0.25, 0.3) is 11.1 Å². The smallest absolute Gasteiger partial charge is 0.119 e. The maximum Gasteiger partial charge on any atom is 0.119 e. The highest BCUT2D eigenvalue weighted by Crippen LogP contribution is 2.47. The number of rotatable bonds is 19. The third-order valence-corrected chi connectivity index (χ3v) is 9.01. The minimum atomic E-state index is -0.148. The van der Waals surface area contributed by atoms with Gasteiger partial charge in [0.2, 0.25) is 0 Å². The lowest BCUT2D eigenvalue weighted by molar-refractivity contribution is 0.176. The Morgan fingerprint density at radius 3 is 2.05 bits per heavy atom. The van der Waals surface area contributed by atoms with Crippen LogP contribution in [0, 0.1) is 16.7 Å². The van der Waals surface area contributed by atoms with Crippen LogP contribution in [-0.2, 0) is 0 Å². The summed E-state index contributed by atoms with van der Waals surface area (Å²) in [7, 11) is 0. The predicted octanol–water partition coefficient (Wildman–Crippen LogP) is 10.8. The molecule has 3 atom stereocenters. The van der Waals surface area contributed by atoms with Gasteiger partial charge in [-0.1, -0.05) is 121 Å². The van der Waals surface area contributed by atoms with Crippen LogP contribution in [-0.4, -0.2) is 17.8 Å². The average molecular weight is 546 g/mol. The maximum absolute atomic E-state index is 10.2. The van der Waals surface area contributed by atoms with Crippen molar-refractivity contribution < 1.29 is 9.84 Å². The van der Waals surface area contributed by atoms with Gasteiger partial charge in [0.15, 0.2) is 0 Å². The second kappa shape index (κ2) is 18.2. The summed E-state index contributed by atoms with van der Waals surface area (Å²) < 4.78 is 6.31. The summed E-state index contributed by atoms with van der Waals surface area (Å²) in [6.45, 7) is 4.80. The predicted molar refractivity (Wildman–Crippen MR) is 169 cm³/mol. The Morgan fingerprint density at radius 1 is 0.825 bits per heavy atom. The summed E-state index contributed by atoms with van der Waals surface area (Å²) >= 11 is 0. The van der Waals surface area contributed by atoms with Gasteiger partial charge in [-0.3, -0.25) is 0 Å². The van der Waals surface area contributed by atoms with Crippen molar-refractivity contribution >= 4 is 0 Å². The fourth-order valence-electron chi connectivity index (χ4n) is 6.55. The van der Waals surface area contributed by atoms with Gasteiger partial charge < -0.3 is 9.84 Å². The first kappa shape index (κ1) is 32.2. The standard InChI is InChI=1S/C37H55NO2/c1-3-5-17-35(15-4-2)40-36-24-22-32(23-25-36)31-18-20-33(21-19-31)34-16-14-27-37(29-34,30-38)26-12-10-8-6-7-9-11-13-28-39/h18-25,34-35,39H,3-17,26-29H2,1-2H3. The molecule has 0 spiro atoms. The molecule has 1 saturated carbocycles. The largest absolute Gasteiger partial charge is 0.490 e. The van der Waals surface area contributed by atoms with Gasteiger partial charge in [-0.15, -0.1) is 0 Å². The summed E-state index contributed by atoms with van der Waals surface area (Å²) in [5.74, 6) is 1.46. The molecular formula is C37H55NO2. The number of hydrogen-bond donors (Lipinski definition) is 1. The molecule has 3 nitrogen and oxygen atoms in total. The average Bonchev–Trinajstić information content (AvgIpc) is 3.00. The Hall–Kier alpha value is -2.31. The van der Waals surface area contributed by atoms with Crippen molar-refractivity contribution in [1.29, 1.82) is 5.26 Å². The van der Waals surface area contributed by atoms with E-state index in [1.54, 1.807) is 0 Å². The number of benzene rings is 2. The lowest BCUT2D eigenvalue weighted by Crippen LogP contribution is -2.26. The quantitative estimate of drug-likeness (QED) is 0.179. The highest BCUT2D eigenvalue weighted by atomic mass is 16.5. The molecule has 0 heterocycles. The topological polar surface area (TPSA) is 53.2 Å². The summed E-state index contributed by atoms with van der Waals surface area (Å²) in [5, 5.41) is 19.1. The van der Waals surface area contributed by atoms with Crippen molar-refractivity contribution in [3.63, 3.8) is 0 Å². The number of hydrogen-bond acceptors (Lipinski definition) is 3. The second-order valence-electron chi connectivity index (χ2n) is 12.3. The third-order valence-electron chi connectivity index (χ3n) is 9.01. The zero-order valence-corrected chi connectivity index (χ0v) is 25.5. The molecule has 0 radical (unpaired) electrons. The van der Waals surface area contributed by atoms with E-state index < -0.39 is 0 Å². The van der Waals surface area contributed by atoms with E-state index in [9.17, 15) is 5.26 Å². The van der Waals surface area contributed by atoms with Gasteiger partial charge in [0.1, 0.15) is 5.75 Å². The van der Waals surface area contributed by atoms with E-state index in [1.165, 1.54) is 74.5 Å². The molecule has 0 aliphatic heterocycles. The lowest BCUT2D eigenvalue weighted by atomic mass is 9.66. The third kappa shape index (κ3) is 10.6. The number of aliphatic hydroxyl groups is 1. The van der Waals surface area contributed by atoms with E-state index in [0.29, 0.717) is 18.6 Å². The fourth-order valence-corrected chi connectivity index (χ4v) is 6.55. The monoisotopic (exact) mass is 545 g/mol. The molecule has 220 valence electrons. The molecule has 40 heavy (non-hydrogen) atoms. The van der Waals surface area contributed by atoms with E-state index in [0.717, 1.165) is 63.5 Å². The first-order valence-electron chi connectivity index (χ1n) is 16.5. The van der Waals surface area contributed by atoms with Crippen LogP contribution in [0.5, 0.6) is 5.75 Å². The van der Waals surface area contributed by atoms with E-state index in [4.69, 9.17) is 9.84 Å². The first-order valence-corrected chi connectivity index (χ1v) is 16.5. The number of nitriles is 1. The Kier molecular flexibility index (Phi) is 14.6. The van der Waals surface area contributed by atoms with E-state index in [1.807, 2.05) is 0 Å². The molecule has 2 aromatic carbocycles. The molecule has 1 aliphatic carbocycles. The number of unbranched alkanes of at least 4 members (excludes halogenated alkanes) is 8. The van der Waals surface area contributed by atoms with Crippen molar-refractivity contribution in [2.75, 3.05) is 6.61 Å². The summed E-state index contributed by atoms with van der Waals surface area (Å²) in [6, 6.07) is 20.5. The lowest BCUT2D eigenvalue weighted by Gasteiger charge is -2.36. The SMILES string of the molecule is CCCCC(CCC)Oc1ccc(-c2ccc(C3CCCC(C#N)(CCCCCCCCCCO)C3)cc2)cc1. The van der Waals surface area contributed by atoms with Crippen LogP contribution in [0.15, 0.2) is 48.5 Å². The summed E-state index contributed by atoms with van der Waals surface area (Å²) in [4.78, 5) is 0. The molecule has 3 heteroatoms. The van der Waals surface area contributed by atoms with Crippen molar-refractivity contribution in [2.24, 2.45) is 5.41 Å². The van der Waals surface area contributed by atoms with Crippen LogP contribution >= 0.6 is 0 Å². The Balaban J connectivity index is 1.50. The van der Waals surface area contributed by atoms with Crippen molar-refractivity contribution in [1.82, 2.24) is 0 Å². The van der Waals surface area contributed by atoms with Gasteiger partial charge >= 0.3 is 0 Å². The second-order valence-corrected chi connectivity index (χ2v) is 12.3. The minimum absolute atomic E-state index is 0.148. The van der Waals surface area contributed by atoms with Crippen LogP contribution < -0.4 is 4.74 Å². The van der Waals surface area contributed by atoms with Crippen LogP contribution in [0.4, 0.5) is 0 Å². The molecule has 1 fully saturated rings. The Morgan fingerprint density at radius 2 is 1.45 bits per heavy atom. The molecule has 2 aromatic rings. The number of ether oxygens (including phenoxy) is 1. The molecule has 0 amide bonds. The van der Waals surface area contributed by atoms with Gasteiger partial charge in [0.05, 0.1) is 17.6 Å². The van der Waals surface area contributed by atoms with Gasteiger partial charge in [0.25, 0.3) is 0 Å². The molecule has 1 aliphatic rings. The van der Waals surface area contributed by atoms with Gasteiger partial charge in [0, 0.05) is 6.61 Å². The molecule has 0 saturated heterocycles. The van der Waals surface area contributed by atoms with Crippen LogP contribution in [0.1, 0.15) is 141 Å². The zero-order valence-electron chi connectivity index (χ0n) is 25.5. The van der Waals surface area contributed by atoms with Crippen molar-refractivity contribution in [3.8, 4) is 22.9 Å². The van der Waals surface area contributed by atoms with Crippen molar-refractivity contribution in [2.45, 2.75) is 141 Å². The number of nitrogens with zero attached hydrogens (tertiary/aromatic N) is 1. The Bertz CT molecular complexity index is 977. The molecule has 3 rings (SSSR count). The molecule has 1 N–H and O–H groups in total. The highest BCUT2D eigenvalue weighted by molar-refractivity contribution is 5.64. The van der Waals surface area contributed by atoms with Gasteiger partial charge in [-0.05, 0) is 79.7 Å². The summed E-state index contributed by atoms with van der Waals surface area (Å²) in [6.07, 6.45) is 21.2. The minimum Gasteiger partial charge on any atom is -0.490 e.